The first-order valence-corrected chi connectivity index (χ1v) is 9.29. The molecule has 0 aliphatic carbocycles. The summed E-state index contributed by atoms with van der Waals surface area (Å²) < 4.78 is 0. The number of Topliss-reactive ketones (excluding diaryl/α,β-unsaturated/α-hetero) is 1. The second-order valence-corrected chi connectivity index (χ2v) is 5.87. The number of likely N-dealkylation sites (tertiary alicyclic amines) is 1. The monoisotopic (exact) mass is 327 g/mol. The van der Waals surface area contributed by atoms with Gasteiger partial charge >= 0.3 is 0 Å². The van der Waals surface area contributed by atoms with E-state index in [9.17, 15) is 14.4 Å². The van der Waals surface area contributed by atoms with Crippen molar-refractivity contribution in [3.8, 4) is 0 Å². The number of ketones is 1. The van der Waals surface area contributed by atoms with Gasteiger partial charge in [-0.3, -0.25) is 19.3 Å². The zero-order valence-electron chi connectivity index (χ0n) is 16.1. The van der Waals surface area contributed by atoms with Gasteiger partial charge in [0.1, 0.15) is 5.78 Å². The van der Waals surface area contributed by atoms with E-state index in [0.717, 1.165) is 19.3 Å². The topological polar surface area (TPSA) is 54.5 Å². The van der Waals surface area contributed by atoms with Crippen LogP contribution in [0.2, 0.25) is 0 Å². The Kier molecular flexibility index (Phi) is 16.4. The van der Waals surface area contributed by atoms with E-state index >= 15 is 0 Å². The molecule has 4 nitrogen and oxygen atoms in total. The number of imide groups is 1. The first-order valence-electron chi connectivity index (χ1n) is 9.29. The van der Waals surface area contributed by atoms with E-state index in [1.807, 2.05) is 27.7 Å². The Bertz CT molecular complexity index is 320. The van der Waals surface area contributed by atoms with Crippen molar-refractivity contribution in [2.75, 3.05) is 6.54 Å². The molecule has 0 saturated carbocycles. The maximum absolute atomic E-state index is 11.3. The van der Waals surface area contributed by atoms with E-state index in [2.05, 4.69) is 13.8 Å². The summed E-state index contributed by atoms with van der Waals surface area (Å²) in [5.74, 6) is 0.302. The minimum atomic E-state index is -0.0479. The Morgan fingerprint density at radius 1 is 0.957 bits per heavy atom. The third-order valence-corrected chi connectivity index (χ3v) is 3.60. The molecule has 0 bridgehead atoms. The van der Waals surface area contributed by atoms with Crippen LogP contribution < -0.4 is 0 Å². The Morgan fingerprint density at radius 3 is 1.83 bits per heavy atom. The molecule has 0 unspecified atom stereocenters. The average molecular weight is 328 g/mol. The summed E-state index contributed by atoms with van der Waals surface area (Å²) in [5.41, 5.74) is 0. The lowest BCUT2D eigenvalue weighted by molar-refractivity contribution is -0.138. The van der Waals surface area contributed by atoms with Crippen LogP contribution in [0.15, 0.2) is 0 Å². The molecule has 136 valence electrons. The summed E-state index contributed by atoms with van der Waals surface area (Å²) in [5, 5.41) is 0. The van der Waals surface area contributed by atoms with Crippen molar-refractivity contribution in [3.63, 3.8) is 0 Å². The van der Waals surface area contributed by atoms with Gasteiger partial charge in [-0.05, 0) is 12.8 Å². The summed E-state index contributed by atoms with van der Waals surface area (Å²) in [4.78, 5) is 35.3. The number of nitrogens with zero attached hydrogens (tertiary/aromatic N) is 1. The SMILES string of the molecule is CC.CC(C)C(=O)CCCCCN1C(=O)CCC1=O.CCCC. The van der Waals surface area contributed by atoms with Crippen molar-refractivity contribution >= 4 is 17.6 Å². The van der Waals surface area contributed by atoms with Crippen LogP contribution in [0.25, 0.3) is 0 Å². The van der Waals surface area contributed by atoms with Gasteiger partial charge in [0, 0.05) is 31.7 Å². The van der Waals surface area contributed by atoms with Crippen molar-refractivity contribution in [2.45, 2.75) is 92.9 Å². The molecule has 1 rings (SSSR count). The Morgan fingerprint density at radius 2 is 1.43 bits per heavy atom. The molecule has 0 aromatic rings. The number of hydrogen-bond donors (Lipinski definition) is 0. The molecule has 1 aliphatic heterocycles. The van der Waals surface area contributed by atoms with E-state index in [0.29, 0.717) is 31.6 Å². The van der Waals surface area contributed by atoms with Gasteiger partial charge in [0.15, 0.2) is 0 Å². The van der Waals surface area contributed by atoms with Gasteiger partial charge in [0.25, 0.3) is 0 Å². The minimum absolute atomic E-state index is 0.0479. The number of carbonyl (C=O) groups excluding carboxylic acids is 3. The van der Waals surface area contributed by atoms with Crippen LogP contribution in [0, 0.1) is 5.92 Å². The smallest absolute Gasteiger partial charge is 0.229 e. The van der Waals surface area contributed by atoms with Gasteiger partial charge < -0.3 is 0 Å². The van der Waals surface area contributed by atoms with Crippen molar-refractivity contribution in [1.82, 2.24) is 4.90 Å². The molecule has 0 aromatic heterocycles. The summed E-state index contributed by atoms with van der Waals surface area (Å²) in [6, 6.07) is 0. The minimum Gasteiger partial charge on any atom is -0.299 e. The van der Waals surface area contributed by atoms with E-state index in [-0.39, 0.29) is 17.7 Å². The van der Waals surface area contributed by atoms with Crippen LogP contribution >= 0.6 is 0 Å². The highest BCUT2D eigenvalue weighted by atomic mass is 16.2. The van der Waals surface area contributed by atoms with E-state index in [4.69, 9.17) is 0 Å². The van der Waals surface area contributed by atoms with Crippen molar-refractivity contribution in [3.05, 3.63) is 0 Å². The van der Waals surface area contributed by atoms with Crippen LogP contribution in [0.4, 0.5) is 0 Å². The lowest BCUT2D eigenvalue weighted by atomic mass is 10.0. The fourth-order valence-corrected chi connectivity index (χ4v) is 1.91. The molecule has 1 saturated heterocycles. The number of unbranched alkanes of at least 4 members (excludes halogenated alkanes) is 3. The van der Waals surface area contributed by atoms with Crippen LogP contribution in [0.1, 0.15) is 92.9 Å². The fraction of sp³-hybridized carbons (Fsp3) is 0.842. The zero-order chi connectivity index (χ0) is 18.3. The molecule has 0 spiro atoms. The summed E-state index contributed by atoms with van der Waals surface area (Å²) in [6.45, 7) is 12.7. The molecule has 0 atom stereocenters. The molecule has 0 aromatic carbocycles. The molecule has 1 aliphatic rings. The Labute approximate surface area is 143 Å². The van der Waals surface area contributed by atoms with Gasteiger partial charge in [-0.2, -0.15) is 0 Å². The van der Waals surface area contributed by atoms with Crippen LogP contribution in [0.5, 0.6) is 0 Å². The molecule has 2 amide bonds. The lowest BCUT2D eigenvalue weighted by Gasteiger charge is -2.13. The van der Waals surface area contributed by atoms with E-state index in [1.165, 1.54) is 17.7 Å². The number of carbonyl (C=O) groups is 3. The maximum Gasteiger partial charge on any atom is 0.229 e. The highest BCUT2D eigenvalue weighted by Crippen LogP contribution is 2.13. The lowest BCUT2D eigenvalue weighted by Crippen LogP contribution is -2.29. The first-order chi connectivity index (χ1) is 10.9. The molecule has 0 N–H and O–H groups in total. The molecule has 1 heterocycles. The predicted molar refractivity (Wildman–Crippen MR) is 96.2 cm³/mol. The van der Waals surface area contributed by atoms with Crippen molar-refractivity contribution < 1.29 is 14.4 Å². The molecule has 1 fully saturated rings. The second kappa shape index (κ2) is 15.7. The van der Waals surface area contributed by atoms with Gasteiger partial charge in [0.05, 0.1) is 0 Å². The number of hydrogen-bond acceptors (Lipinski definition) is 3. The highest BCUT2D eigenvalue weighted by molar-refractivity contribution is 6.01. The van der Waals surface area contributed by atoms with E-state index in [1.54, 1.807) is 0 Å². The summed E-state index contributed by atoms with van der Waals surface area (Å²) >= 11 is 0. The summed E-state index contributed by atoms with van der Waals surface area (Å²) in [6.07, 6.45) is 6.54. The van der Waals surface area contributed by atoms with E-state index < -0.39 is 0 Å². The standard InChI is InChI=1S/C13H21NO3.C4H10.C2H6/c1-10(2)11(15)6-4-3-5-9-14-12(16)7-8-13(14)17;1-3-4-2;1-2/h10H,3-9H2,1-2H3;3-4H2,1-2H3;1-2H3. The maximum atomic E-state index is 11.3. The normalized spacial score (nSPS) is 13.4. The zero-order valence-corrected chi connectivity index (χ0v) is 16.1. The van der Waals surface area contributed by atoms with Crippen LogP contribution in [-0.2, 0) is 14.4 Å². The Hall–Kier alpha value is -1.19. The van der Waals surface area contributed by atoms with Crippen molar-refractivity contribution in [1.29, 1.82) is 0 Å². The summed E-state index contributed by atoms with van der Waals surface area (Å²) in [7, 11) is 0. The van der Waals surface area contributed by atoms with Gasteiger partial charge in [-0.1, -0.05) is 60.8 Å². The molecule has 4 heteroatoms. The van der Waals surface area contributed by atoms with Crippen LogP contribution in [-0.4, -0.2) is 29.0 Å². The van der Waals surface area contributed by atoms with Crippen LogP contribution in [0.3, 0.4) is 0 Å². The third-order valence-electron chi connectivity index (χ3n) is 3.60. The number of rotatable bonds is 8. The molecule has 0 radical (unpaired) electrons. The second-order valence-electron chi connectivity index (χ2n) is 5.87. The predicted octanol–water partition coefficient (Wildman–Crippen LogP) is 4.75. The van der Waals surface area contributed by atoms with Gasteiger partial charge in [-0.15, -0.1) is 0 Å². The average Bonchev–Trinajstić information content (AvgIpc) is 2.88. The number of amides is 2. The molecular weight excluding hydrogens is 290 g/mol. The molecular formula is C19H37NO3. The molecule has 23 heavy (non-hydrogen) atoms. The quantitative estimate of drug-likeness (QED) is 0.477. The fourth-order valence-electron chi connectivity index (χ4n) is 1.91. The first kappa shape index (κ1) is 24.1. The third kappa shape index (κ3) is 12.0. The Balaban J connectivity index is 0. The highest BCUT2D eigenvalue weighted by Gasteiger charge is 2.27. The van der Waals surface area contributed by atoms with Gasteiger partial charge in [0.2, 0.25) is 11.8 Å². The largest absolute Gasteiger partial charge is 0.299 e. The van der Waals surface area contributed by atoms with Crippen molar-refractivity contribution in [2.24, 2.45) is 5.92 Å². The van der Waals surface area contributed by atoms with Gasteiger partial charge in [-0.25, -0.2) is 0 Å².